The van der Waals surface area contributed by atoms with Gasteiger partial charge in [0.05, 0.1) is 23.3 Å². The zero-order valence-corrected chi connectivity index (χ0v) is 30.6. The summed E-state index contributed by atoms with van der Waals surface area (Å²) in [5.41, 5.74) is 10.6. The molecule has 0 unspecified atom stereocenters. The van der Waals surface area contributed by atoms with Crippen LogP contribution in [-0.2, 0) is 0 Å². The van der Waals surface area contributed by atoms with E-state index >= 15 is 0 Å². The molecule has 0 bridgehead atoms. The monoisotopic (exact) mass is 732 g/mol. The normalized spacial score (nSPS) is 11.1. The van der Waals surface area contributed by atoms with Crippen LogP contribution in [0.3, 0.4) is 0 Å². The number of rotatable bonds is 8. The first-order valence-corrected chi connectivity index (χ1v) is 18.6. The molecule has 10 aromatic rings. The van der Waals surface area contributed by atoms with Gasteiger partial charge in [-0.1, -0.05) is 121 Å². The van der Waals surface area contributed by atoms with E-state index in [1.165, 1.54) is 0 Å². The summed E-state index contributed by atoms with van der Waals surface area (Å²) in [6, 6.07) is 61.5. The molecule has 0 saturated heterocycles. The lowest BCUT2D eigenvalue weighted by molar-refractivity contribution is 0.484. The van der Waals surface area contributed by atoms with Crippen LogP contribution in [0.5, 0.6) is 11.5 Å². The van der Waals surface area contributed by atoms with E-state index < -0.39 is 0 Å². The van der Waals surface area contributed by atoms with Crippen LogP contribution in [0.1, 0.15) is 0 Å². The Morgan fingerprint density at radius 3 is 1.89 bits per heavy atom. The zero-order valence-electron chi connectivity index (χ0n) is 30.6. The van der Waals surface area contributed by atoms with Crippen molar-refractivity contribution in [2.24, 2.45) is 0 Å². The molecule has 7 heteroatoms. The molecule has 0 fully saturated rings. The average Bonchev–Trinajstić information content (AvgIpc) is 3.90. The fourth-order valence-electron chi connectivity index (χ4n) is 7.68. The Morgan fingerprint density at radius 2 is 1.21 bits per heavy atom. The molecule has 7 aromatic carbocycles. The number of hydrogen-bond donors (Lipinski definition) is 0. The van der Waals surface area contributed by atoms with Crippen LogP contribution in [-0.4, -0.2) is 24.3 Å². The molecule has 0 spiro atoms. The van der Waals surface area contributed by atoms with Crippen LogP contribution in [0.15, 0.2) is 195 Å². The number of benzene rings is 7. The molecule has 0 N–H and O–H groups in total. The van der Waals surface area contributed by atoms with Crippen molar-refractivity contribution in [3.05, 3.63) is 206 Å². The smallest absolute Gasteiger partial charge is 0.191 e. The van der Waals surface area contributed by atoms with Gasteiger partial charge in [0, 0.05) is 39.7 Å². The van der Waals surface area contributed by atoms with Gasteiger partial charge < -0.3 is 4.74 Å². The summed E-state index contributed by atoms with van der Waals surface area (Å²) in [5.74, 6) is 2.54. The number of ether oxygens (including phenoxy) is 1. The van der Waals surface area contributed by atoms with E-state index in [1.807, 2.05) is 95.7 Å². The molecule has 0 aliphatic rings. The van der Waals surface area contributed by atoms with Gasteiger partial charge in [0.25, 0.3) is 0 Å². The van der Waals surface area contributed by atoms with Gasteiger partial charge in [-0.15, -0.1) is 10.2 Å². The minimum absolute atomic E-state index is 0.425. The maximum absolute atomic E-state index is 8.04. The first-order valence-electron chi connectivity index (χ1n) is 18.6. The molecular weight excluding hydrogens is 701 g/mol. The van der Waals surface area contributed by atoms with Crippen molar-refractivity contribution in [1.82, 2.24) is 24.3 Å². The van der Waals surface area contributed by atoms with E-state index in [4.69, 9.17) is 16.3 Å². The van der Waals surface area contributed by atoms with Gasteiger partial charge in [0.15, 0.2) is 11.5 Å². The van der Waals surface area contributed by atoms with Gasteiger partial charge in [0.2, 0.25) is 0 Å². The second kappa shape index (κ2) is 14.3. The Bertz CT molecular complexity index is 3040. The van der Waals surface area contributed by atoms with Gasteiger partial charge in [-0.2, -0.15) is 0 Å². The molecule has 57 heavy (non-hydrogen) atoms. The van der Waals surface area contributed by atoms with E-state index in [9.17, 15) is 0 Å². The second-order valence-corrected chi connectivity index (χ2v) is 13.7. The summed E-state index contributed by atoms with van der Waals surface area (Å²) in [6.45, 7) is 8.04. The Kier molecular flexibility index (Phi) is 8.40. The molecule has 0 aliphatic carbocycles. The molecule has 268 valence electrons. The number of nitrogens with zero attached hydrogens (tertiary/aromatic N) is 6. The summed E-state index contributed by atoms with van der Waals surface area (Å²) < 4.78 is 10.8. The van der Waals surface area contributed by atoms with Gasteiger partial charge in [-0.05, 0) is 76.9 Å². The third-order valence-electron chi connectivity index (χ3n) is 10.2. The van der Waals surface area contributed by atoms with Crippen molar-refractivity contribution in [1.29, 1.82) is 0 Å². The van der Waals surface area contributed by atoms with Crippen molar-refractivity contribution in [2.75, 3.05) is 0 Å². The summed E-state index contributed by atoms with van der Waals surface area (Å²) in [4.78, 5) is 8.58. The van der Waals surface area contributed by atoms with Crippen LogP contribution in [0.4, 0.5) is 5.69 Å². The van der Waals surface area contributed by atoms with Crippen molar-refractivity contribution >= 4 is 27.5 Å². The predicted octanol–water partition coefficient (Wildman–Crippen LogP) is 12.8. The highest BCUT2D eigenvalue weighted by atomic mass is 16.5. The molecule has 0 aliphatic heterocycles. The number of para-hydroxylation sites is 1. The third-order valence-corrected chi connectivity index (χ3v) is 10.2. The number of aromatic nitrogens is 5. The zero-order chi connectivity index (χ0) is 38.1. The Morgan fingerprint density at radius 1 is 0.509 bits per heavy atom. The summed E-state index contributed by atoms with van der Waals surface area (Å²) in [5, 5.41) is 11.3. The molecule has 7 nitrogen and oxygen atoms in total. The molecule has 0 radical (unpaired) electrons. The Balaban J connectivity index is 1.09. The van der Waals surface area contributed by atoms with Crippen molar-refractivity contribution in [3.63, 3.8) is 0 Å². The molecular formula is C50H32N6O. The first-order chi connectivity index (χ1) is 28.2. The van der Waals surface area contributed by atoms with Crippen LogP contribution in [0.2, 0.25) is 0 Å². The topological polar surface area (TPSA) is 62.1 Å². The van der Waals surface area contributed by atoms with E-state index in [1.54, 1.807) is 12.4 Å². The number of hydrogen-bond acceptors (Lipinski definition) is 4. The van der Waals surface area contributed by atoms with E-state index in [-0.39, 0.29) is 0 Å². The lowest BCUT2D eigenvalue weighted by Gasteiger charge is -2.18. The lowest BCUT2D eigenvalue weighted by Crippen LogP contribution is -2.02. The lowest BCUT2D eigenvalue weighted by atomic mass is 9.95. The van der Waals surface area contributed by atoms with E-state index in [0.717, 1.165) is 66.7 Å². The van der Waals surface area contributed by atoms with Crippen LogP contribution >= 0.6 is 0 Å². The van der Waals surface area contributed by atoms with E-state index in [0.29, 0.717) is 28.6 Å². The minimum Gasteiger partial charge on any atom is -0.459 e. The molecule has 0 amide bonds. The highest BCUT2D eigenvalue weighted by Gasteiger charge is 2.20. The van der Waals surface area contributed by atoms with Crippen molar-refractivity contribution in [2.45, 2.75) is 0 Å². The summed E-state index contributed by atoms with van der Waals surface area (Å²) >= 11 is 0. The number of fused-ring (bicyclic) bond motifs is 3. The van der Waals surface area contributed by atoms with Crippen LogP contribution < -0.4 is 4.74 Å². The maximum atomic E-state index is 8.04. The minimum atomic E-state index is 0.425. The standard InChI is InChI=1S/C50H32N6O/c1-51-39-28-38(50-54-53-33-55(50)49-42(35-16-7-3-8-17-35)20-13-21-43(49)36-18-9-4-10-19-36)29-41(31-39)57-40-24-25-44-45-30-37(34-14-5-2-6-15-34)23-26-46(45)56(47(44)32-40)48-22-11-12-27-52-48/h2-33H. The van der Waals surface area contributed by atoms with Gasteiger partial charge in [-0.25, -0.2) is 9.83 Å². The van der Waals surface area contributed by atoms with Gasteiger partial charge >= 0.3 is 0 Å². The van der Waals surface area contributed by atoms with Crippen molar-refractivity contribution < 1.29 is 4.74 Å². The van der Waals surface area contributed by atoms with Gasteiger partial charge in [-0.3, -0.25) is 9.13 Å². The second-order valence-electron chi connectivity index (χ2n) is 13.7. The third kappa shape index (κ3) is 6.18. The average molecular weight is 733 g/mol. The van der Waals surface area contributed by atoms with Crippen LogP contribution in [0, 0.1) is 6.57 Å². The maximum Gasteiger partial charge on any atom is 0.191 e. The van der Waals surface area contributed by atoms with Gasteiger partial charge in [0.1, 0.15) is 23.6 Å². The van der Waals surface area contributed by atoms with Crippen LogP contribution in [0.25, 0.3) is 82.9 Å². The molecule has 0 atom stereocenters. The molecule has 10 rings (SSSR count). The van der Waals surface area contributed by atoms with Crippen molar-refractivity contribution in [3.8, 4) is 67.8 Å². The molecule has 0 saturated carbocycles. The predicted molar refractivity (Wildman–Crippen MR) is 228 cm³/mol. The highest BCUT2D eigenvalue weighted by molar-refractivity contribution is 6.10. The largest absolute Gasteiger partial charge is 0.459 e. The quantitative estimate of drug-likeness (QED) is 0.146. The highest BCUT2D eigenvalue weighted by Crippen LogP contribution is 2.41. The fourth-order valence-corrected chi connectivity index (χ4v) is 7.68. The Hall–Kier alpha value is -8.08. The fraction of sp³-hybridized carbons (Fsp3) is 0. The summed E-state index contributed by atoms with van der Waals surface area (Å²) in [7, 11) is 0. The SMILES string of the molecule is [C-]#[N+]c1cc(Oc2ccc3c4cc(-c5ccccc5)ccc4n(-c4ccccn4)c3c2)cc(-c2nncn2-c2c(-c3ccccc3)cccc2-c2ccccc2)c1. The summed E-state index contributed by atoms with van der Waals surface area (Å²) in [6.07, 6.45) is 3.55. The Labute approximate surface area is 329 Å². The molecule has 3 heterocycles. The van der Waals surface area contributed by atoms with E-state index in [2.05, 4.69) is 111 Å². The molecule has 3 aromatic heterocycles. The first kappa shape index (κ1) is 33.5. The number of pyridine rings is 1.